The highest BCUT2D eigenvalue weighted by atomic mass is 16.3. The number of nitrogens with one attached hydrogen (secondary N) is 1. The molecule has 0 saturated carbocycles. The van der Waals surface area contributed by atoms with Crippen molar-refractivity contribution in [3.05, 3.63) is 24.3 Å². The lowest BCUT2D eigenvalue weighted by Gasteiger charge is -2.16. The number of Topliss-reactive ketones (excluding diaryl/α,β-unsaturated/α-hetero) is 1. The molecule has 0 bridgehead atoms. The first-order chi connectivity index (χ1) is 7.15. The Bertz CT molecular complexity index is 316. The SMILES string of the molecule is CCC(O)NC(C)C(=O)c1cnccn1. The number of aliphatic hydroxyl groups is 1. The van der Waals surface area contributed by atoms with Gasteiger partial charge >= 0.3 is 0 Å². The summed E-state index contributed by atoms with van der Waals surface area (Å²) in [6.07, 6.45) is 4.28. The standard InChI is InChI=1S/C10H15N3O2/c1-3-9(14)13-7(2)10(15)8-6-11-4-5-12-8/h4-7,9,13-14H,3H2,1-2H3. The maximum atomic E-state index is 11.7. The van der Waals surface area contributed by atoms with Gasteiger partial charge in [-0.05, 0) is 13.3 Å². The second-order valence-corrected chi connectivity index (χ2v) is 3.27. The predicted octanol–water partition coefficient (Wildman–Crippen LogP) is 0.366. The van der Waals surface area contributed by atoms with Gasteiger partial charge in [0.05, 0.1) is 12.2 Å². The highest BCUT2D eigenvalue weighted by Gasteiger charge is 2.17. The van der Waals surface area contributed by atoms with Crippen LogP contribution in [0, 0.1) is 0 Å². The molecule has 2 unspecified atom stereocenters. The molecule has 0 aliphatic heterocycles. The quantitative estimate of drug-likeness (QED) is 0.541. The van der Waals surface area contributed by atoms with E-state index in [1.165, 1.54) is 18.6 Å². The Hall–Kier alpha value is -1.33. The third-order valence-electron chi connectivity index (χ3n) is 2.04. The zero-order valence-corrected chi connectivity index (χ0v) is 8.84. The maximum Gasteiger partial charge on any atom is 0.199 e. The fraction of sp³-hybridized carbons (Fsp3) is 0.500. The Kier molecular flexibility index (Phi) is 4.33. The van der Waals surface area contributed by atoms with E-state index in [4.69, 9.17) is 0 Å². The largest absolute Gasteiger partial charge is 0.379 e. The van der Waals surface area contributed by atoms with Crippen LogP contribution < -0.4 is 5.32 Å². The minimum Gasteiger partial charge on any atom is -0.379 e. The molecular formula is C10H15N3O2. The molecule has 15 heavy (non-hydrogen) atoms. The van der Waals surface area contributed by atoms with Crippen LogP contribution in [-0.2, 0) is 0 Å². The zero-order valence-electron chi connectivity index (χ0n) is 8.84. The number of carbonyl (C=O) groups is 1. The minimum atomic E-state index is -0.666. The van der Waals surface area contributed by atoms with Gasteiger partial charge in [0, 0.05) is 12.4 Å². The molecule has 5 heteroatoms. The van der Waals surface area contributed by atoms with Crippen molar-refractivity contribution >= 4 is 5.78 Å². The van der Waals surface area contributed by atoms with Crippen LogP contribution in [0.4, 0.5) is 0 Å². The number of hydrogen-bond acceptors (Lipinski definition) is 5. The van der Waals surface area contributed by atoms with Crippen molar-refractivity contribution in [1.29, 1.82) is 0 Å². The summed E-state index contributed by atoms with van der Waals surface area (Å²) in [7, 11) is 0. The molecule has 0 fully saturated rings. The second-order valence-electron chi connectivity index (χ2n) is 3.27. The summed E-state index contributed by atoms with van der Waals surface area (Å²) in [6, 6.07) is -0.461. The zero-order chi connectivity index (χ0) is 11.3. The maximum absolute atomic E-state index is 11.7. The monoisotopic (exact) mass is 209 g/mol. The normalized spacial score (nSPS) is 14.6. The summed E-state index contributed by atoms with van der Waals surface area (Å²) in [5.74, 6) is -0.171. The molecule has 0 spiro atoms. The van der Waals surface area contributed by atoms with Gasteiger partial charge in [-0.15, -0.1) is 0 Å². The third kappa shape index (κ3) is 3.38. The van der Waals surface area contributed by atoms with Crippen molar-refractivity contribution < 1.29 is 9.90 Å². The lowest BCUT2D eigenvalue weighted by molar-refractivity contribution is 0.0831. The van der Waals surface area contributed by atoms with E-state index in [1.54, 1.807) is 6.92 Å². The van der Waals surface area contributed by atoms with E-state index in [9.17, 15) is 9.90 Å². The number of hydrogen-bond donors (Lipinski definition) is 2. The lowest BCUT2D eigenvalue weighted by Crippen LogP contribution is -2.41. The van der Waals surface area contributed by atoms with Crippen molar-refractivity contribution in [2.45, 2.75) is 32.5 Å². The van der Waals surface area contributed by atoms with Crippen molar-refractivity contribution in [2.75, 3.05) is 0 Å². The van der Waals surface area contributed by atoms with Gasteiger partial charge in [-0.1, -0.05) is 6.92 Å². The third-order valence-corrected chi connectivity index (χ3v) is 2.04. The van der Waals surface area contributed by atoms with E-state index in [2.05, 4.69) is 15.3 Å². The van der Waals surface area contributed by atoms with E-state index in [0.29, 0.717) is 12.1 Å². The molecule has 0 aliphatic rings. The van der Waals surface area contributed by atoms with Gasteiger partial charge in [0.25, 0.3) is 0 Å². The fourth-order valence-electron chi connectivity index (χ4n) is 1.13. The molecular weight excluding hydrogens is 194 g/mol. The van der Waals surface area contributed by atoms with Crippen molar-refractivity contribution in [3.8, 4) is 0 Å². The first-order valence-electron chi connectivity index (χ1n) is 4.89. The van der Waals surface area contributed by atoms with E-state index >= 15 is 0 Å². The van der Waals surface area contributed by atoms with Crippen LogP contribution >= 0.6 is 0 Å². The van der Waals surface area contributed by atoms with Crippen LogP contribution in [0.25, 0.3) is 0 Å². The minimum absolute atomic E-state index is 0.171. The summed E-state index contributed by atoms with van der Waals surface area (Å²) in [5.41, 5.74) is 0.306. The summed E-state index contributed by atoms with van der Waals surface area (Å²) >= 11 is 0. The van der Waals surface area contributed by atoms with Gasteiger partial charge in [-0.3, -0.25) is 15.1 Å². The molecule has 0 amide bonds. The van der Waals surface area contributed by atoms with Crippen LogP contribution in [0.15, 0.2) is 18.6 Å². The smallest absolute Gasteiger partial charge is 0.199 e. The van der Waals surface area contributed by atoms with E-state index < -0.39 is 12.3 Å². The van der Waals surface area contributed by atoms with Crippen LogP contribution in [-0.4, -0.2) is 33.1 Å². The Morgan fingerprint density at radius 2 is 2.33 bits per heavy atom. The topological polar surface area (TPSA) is 75.1 Å². The number of nitrogens with zero attached hydrogens (tertiary/aromatic N) is 2. The number of rotatable bonds is 5. The molecule has 0 saturated heterocycles. The van der Waals surface area contributed by atoms with Gasteiger partial charge in [0.15, 0.2) is 5.78 Å². The van der Waals surface area contributed by atoms with E-state index in [1.807, 2.05) is 6.92 Å². The van der Waals surface area contributed by atoms with Gasteiger partial charge in [-0.2, -0.15) is 0 Å². The van der Waals surface area contributed by atoms with Crippen LogP contribution in [0.3, 0.4) is 0 Å². The Morgan fingerprint density at radius 3 is 2.87 bits per heavy atom. The first kappa shape index (κ1) is 11.7. The Labute approximate surface area is 88.6 Å². The summed E-state index contributed by atoms with van der Waals surface area (Å²) in [4.78, 5) is 19.4. The van der Waals surface area contributed by atoms with Crippen molar-refractivity contribution in [3.63, 3.8) is 0 Å². The van der Waals surface area contributed by atoms with Crippen molar-refractivity contribution in [2.24, 2.45) is 0 Å². The molecule has 1 rings (SSSR count). The molecule has 82 valence electrons. The Morgan fingerprint density at radius 1 is 1.60 bits per heavy atom. The highest BCUT2D eigenvalue weighted by Crippen LogP contribution is 1.99. The van der Waals surface area contributed by atoms with Gasteiger partial charge in [-0.25, -0.2) is 4.98 Å². The summed E-state index contributed by atoms with van der Waals surface area (Å²) in [6.45, 7) is 3.52. The number of carbonyl (C=O) groups excluding carboxylic acids is 1. The molecule has 2 atom stereocenters. The van der Waals surface area contributed by atoms with Crippen LogP contribution in [0.2, 0.25) is 0 Å². The molecule has 5 nitrogen and oxygen atoms in total. The summed E-state index contributed by atoms with van der Waals surface area (Å²) in [5, 5.41) is 12.1. The second kappa shape index (κ2) is 5.53. The molecule has 2 N–H and O–H groups in total. The number of ketones is 1. The van der Waals surface area contributed by atoms with Gasteiger partial charge < -0.3 is 5.11 Å². The predicted molar refractivity (Wildman–Crippen MR) is 55.3 cm³/mol. The van der Waals surface area contributed by atoms with Gasteiger partial charge in [0.2, 0.25) is 0 Å². The fourth-order valence-corrected chi connectivity index (χ4v) is 1.13. The van der Waals surface area contributed by atoms with Gasteiger partial charge in [0.1, 0.15) is 11.9 Å². The average molecular weight is 209 g/mol. The van der Waals surface area contributed by atoms with Crippen molar-refractivity contribution in [1.82, 2.24) is 15.3 Å². The number of aromatic nitrogens is 2. The lowest BCUT2D eigenvalue weighted by atomic mass is 10.1. The first-order valence-corrected chi connectivity index (χ1v) is 4.89. The van der Waals surface area contributed by atoms with E-state index in [-0.39, 0.29) is 5.78 Å². The molecule has 1 heterocycles. The van der Waals surface area contributed by atoms with Crippen LogP contribution in [0.1, 0.15) is 30.8 Å². The average Bonchev–Trinajstić information content (AvgIpc) is 2.29. The summed E-state index contributed by atoms with van der Waals surface area (Å²) < 4.78 is 0. The number of aliphatic hydroxyl groups excluding tert-OH is 1. The molecule has 0 aliphatic carbocycles. The Balaban J connectivity index is 2.61. The molecule has 1 aromatic heterocycles. The van der Waals surface area contributed by atoms with Crippen LogP contribution in [0.5, 0.6) is 0 Å². The highest BCUT2D eigenvalue weighted by molar-refractivity contribution is 5.97. The van der Waals surface area contributed by atoms with E-state index in [0.717, 1.165) is 0 Å². The molecule has 1 aromatic rings. The molecule has 0 radical (unpaired) electrons. The molecule has 0 aromatic carbocycles.